The van der Waals surface area contributed by atoms with Crippen LogP contribution in [-0.4, -0.2) is 29.0 Å². The Labute approximate surface area is 161 Å². The highest BCUT2D eigenvalue weighted by molar-refractivity contribution is 7.91. The number of aromatic nitrogens is 2. The molecule has 1 heterocycles. The number of hydrogen-bond acceptors (Lipinski definition) is 5. The van der Waals surface area contributed by atoms with Gasteiger partial charge in [0.1, 0.15) is 5.69 Å². The molecule has 0 bridgehead atoms. The minimum Gasteiger partial charge on any atom is -0.229 e. The molecule has 1 aromatic heterocycles. The molecule has 1 saturated carbocycles. The van der Waals surface area contributed by atoms with Crippen molar-refractivity contribution >= 4 is 21.4 Å². The lowest BCUT2D eigenvalue weighted by atomic mass is 9.80. The predicted molar refractivity (Wildman–Crippen MR) is 108 cm³/mol. The Bertz CT molecular complexity index is 776. The molecule has 4 nitrogen and oxygen atoms in total. The second-order valence-corrected chi connectivity index (χ2v) is 11.0. The predicted octanol–water partition coefficient (Wildman–Crippen LogP) is 4.77. The van der Waals surface area contributed by atoms with E-state index in [1.54, 1.807) is 13.8 Å². The van der Waals surface area contributed by atoms with Gasteiger partial charge in [0.25, 0.3) is 0 Å². The van der Waals surface area contributed by atoms with Crippen molar-refractivity contribution in [1.29, 1.82) is 0 Å². The van der Waals surface area contributed by atoms with Gasteiger partial charge in [0.15, 0.2) is 9.84 Å². The normalized spacial score (nSPS) is 21.2. The third-order valence-electron chi connectivity index (χ3n) is 5.60. The summed E-state index contributed by atoms with van der Waals surface area (Å²) in [6.45, 7) is 3.58. The fourth-order valence-corrected chi connectivity index (χ4v) is 5.55. The van der Waals surface area contributed by atoms with E-state index in [-0.39, 0.29) is 5.25 Å². The molecule has 26 heavy (non-hydrogen) atoms. The molecule has 1 aliphatic rings. The van der Waals surface area contributed by atoms with E-state index >= 15 is 0 Å². The number of benzene rings is 1. The summed E-state index contributed by atoms with van der Waals surface area (Å²) >= 11 is 1.37. The van der Waals surface area contributed by atoms with Gasteiger partial charge in [-0.15, -0.1) is 5.10 Å². The number of nitrogens with zero attached hydrogens (tertiary/aromatic N) is 2. The molecule has 6 heteroatoms. The van der Waals surface area contributed by atoms with Gasteiger partial charge in [-0.2, -0.15) is 0 Å². The van der Waals surface area contributed by atoms with Gasteiger partial charge in [0.2, 0.25) is 0 Å². The topological polar surface area (TPSA) is 59.9 Å². The van der Waals surface area contributed by atoms with Crippen molar-refractivity contribution in [3.8, 4) is 11.3 Å². The number of sulfone groups is 1. The Hall–Kier alpha value is -1.27. The van der Waals surface area contributed by atoms with E-state index in [1.165, 1.54) is 36.4 Å². The molecule has 142 valence electrons. The summed E-state index contributed by atoms with van der Waals surface area (Å²) in [5.74, 6) is 1.48. The lowest BCUT2D eigenvalue weighted by Crippen LogP contribution is -2.26. The Kier molecular flexibility index (Phi) is 6.46. The minimum atomic E-state index is -2.90. The zero-order chi connectivity index (χ0) is 18.6. The van der Waals surface area contributed by atoms with Crippen molar-refractivity contribution in [2.45, 2.75) is 57.6 Å². The van der Waals surface area contributed by atoms with Gasteiger partial charge in [-0.1, -0.05) is 41.6 Å². The fourth-order valence-electron chi connectivity index (χ4n) is 3.71. The summed E-state index contributed by atoms with van der Waals surface area (Å²) in [6, 6.07) is 8.63. The molecule has 0 amide bonds. The Morgan fingerprint density at radius 2 is 1.73 bits per heavy atom. The average molecular weight is 393 g/mol. The van der Waals surface area contributed by atoms with Gasteiger partial charge in [-0.05, 0) is 68.5 Å². The van der Waals surface area contributed by atoms with E-state index in [0.717, 1.165) is 36.4 Å². The molecule has 0 radical (unpaired) electrons. The molecular formula is C20H28N2O2S2. The Morgan fingerprint density at radius 3 is 2.31 bits per heavy atom. The Morgan fingerprint density at radius 1 is 1.08 bits per heavy atom. The first-order valence-corrected chi connectivity index (χ1v) is 12.1. The van der Waals surface area contributed by atoms with Gasteiger partial charge in [0, 0.05) is 10.9 Å². The monoisotopic (exact) mass is 392 g/mol. The van der Waals surface area contributed by atoms with Crippen molar-refractivity contribution < 1.29 is 8.42 Å². The van der Waals surface area contributed by atoms with E-state index in [0.29, 0.717) is 11.7 Å². The van der Waals surface area contributed by atoms with Crippen molar-refractivity contribution in [3.63, 3.8) is 0 Å². The molecule has 0 N–H and O–H groups in total. The molecule has 0 saturated heterocycles. The average Bonchev–Trinajstić information content (AvgIpc) is 3.16. The third kappa shape index (κ3) is 5.13. The largest absolute Gasteiger partial charge is 0.229 e. The van der Waals surface area contributed by atoms with E-state index in [4.69, 9.17) is 0 Å². The summed E-state index contributed by atoms with van der Waals surface area (Å²) in [6.07, 6.45) is 6.75. The summed E-state index contributed by atoms with van der Waals surface area (Å²) in [5.41, 5.74) is 3.42. The van der Waals surface area contributed by atoms with Crippen LogP contribution in [0.5, 0.6) is 0 Å². The lowest BCUT2D eigenvalue weighted by molar-refractivity contribution is 0.278. The zero-order valence-electron chi connectivity index (χ0n) is 15.6. The van der Waals surface area contributed by atoms with Crippen LogP contribution in [0, 0.1) is 11.8 Å². The van der Waals surface area contributed by atoms with Crippen LogP contribution in [0.1, 0.15) is 51.5 Å². The maximum Gasteiger partial charge on any atom is 0.152 e. The van der Waals surface area contributed by atoms with Crippen molar-refractivity contribution in [1.82, 2.24) is 9.59 Å². The van der Waals surface area contributed by atoms with Gasteiger partial charge in [-0.25, -0.2) is 8.42 Å². The second-order valence-electron chi connectivity index (χ2n) is 7.79. The van der Waals surface area contributed by atoms with Crippen LogP contribution in [0.15, 0.2) is 29.6 Å². The summed E-state index contributed by atoms with van der Waals surface area (Å²) in [7, 11) is -2.90. The van der Waals surface area contributed by atoms with Crippen LogP contribution in [0.3, 0.4) is 0 Å². The Balaban J connectivity index is 1.44. The van der Waals surface area contributed by atoms with Gasteiger partial charge in [-0.3, -0.25) is 0 Å². The first-order valence-electron chi connectivity index (χ1n) is 9.52. The van der Waals surface area contributed by atoms with Crippen LogP contribution in [0.2, 0.25) is 0 Å². The summed E-state index contributed by atoms with van der Waals surface area (Å²) < 4.78 is 28.1. The summed E-state index contributed by atoms with van der Waals surface area (Å²) in [4.78, 5) is 0. The highest BCUT2D eigenvalue weighted by Crippen LogP contribution is 2.33. The molecule has 0 atom stereocenters. The quantitative estimate of drug-likeness (QED) is 0.681. The summed E-state index contributed by atoms with van der Waals surface area (Å²) in [5, 5.41) is 5.82. The molecule has 0 aliphatic heterocycles. The highest BCUT2D eigenvalue weighted by atomic mass is 32.2. The number of rotatable bonds is 7. The second kappa shape index (κ2) is 8.61. The zero-order valence-corrected chi connectivity index (χ0v) is 17.2. The third-order valence-corrected chi connectivity index (χ3v) is 8.48. The first-order chi connectivity index (χ1) is 12.4. The van der Waals surface area contributed by atoms with Crippen molar-refractivity contribution in [2.24, 2.45) is 11.8 Å². The van der Waals surface area contributed by atoms with Gasteiger partial charge >= 0.3 is 0 Å². The van der Waals surface area contributed by atoms with Crippen molar-refractivity contribution in [3.05, 3.63) is 35.2 Å². The molecular weight excluding hydrogens is 364 g/mol. The van der Waals surface area contributed by atoms with Crippen molar-refractivity contribution in [2.75, 3.05) is 5.75 Å². The highest BCUT2D eigenvalue weighted by Gasteiger charge is 2.27. The van der Waals surface area contributed by atoms with Crippen LogP contribution in [0.25, 0.3) is 11.3 Å². The smallest absolute Gasteiger partial charge is 0.152 e. The maximum atomic E-state index is 12.1. The molecule has 1 fully saturated rings. The molecule has 2 aromatic rings. The molecule has 1 aliphatic carbocycles. The molecule has 0 spiro atoms. The van der Waals surface area contributed by atoms with Crippen LogP contribution >= 0.6 is 11.5 Å². The standard InChI is InChI=1S/C20H28N2O2S2/c1-15(2)26(23,24)14-18-7-5-16(6-8-18)3-4-17-9-11-19(12-10-17)20-13-25-22-21-20/h9-13,15-16,18H,3-8,14H2,1-2H3. The molecule has 3 rings (SSSR count). The number of hydrogen-bond donors (Lipinski definition) is 0. The minimum absolute atomic E-state index is 0.247. The fraction of sp³-hybridized carbons (Fsp3) is 0.600. The van der Waals surface area contributed by atoms with Crippen LogP contribution < -0.4 is 0 Å². The van der Waals surface area contributed by atoms with Gasteiger partial charge < -0.3 is 0 Å². The van der Waals surface area contributed by atoms with Crippen LogP contribution in [0.4, 0.5) is 0 Å². The van der Waals surface area contributed by atoms with E-state index in [9.17, 15) is 8.42 Å². The first kappa shape index (κ1) is 19.5. The van der Waals surface area contributed by atoms with Gasteiger partial charge in [0.05, 0.1) is 11.0 Å². The van der Waals surface area contributed by atoms with E-state index in [2.05, 4.69) is 33.9 Å². The van der Waals surface area contributed by atoms with E-state index in [1.807, 2.05) is 5.38 Å². The maximum absolute atomic E-state index is 12.1. The lowest BCUT2D eigenvalue weighted by Gasteiger charge is -2.28. The van der Waals surface area contributed by atoms with Crippen LogP contribution in [-0.2, 0) is 16.3 Å². The van der Waals surface area contributed by atoms with E-state index < -0.39 is 9.84 Å². The SMILES string of the molecule is CC(C)S(=O)(=O)CC1CCC(CCc2ccc(-c3csnn3)cc2)CC1. The molecule has 1 aromatic carbocycles. The number of aryl methyl sites for hydroxylation is 1. The molecule has 0 unspecified atom stereocenters.